The number of benzene rings is 1. The summed E-state index contributed by atoms with van der Waals surface area (Å²) in [5.41, 5.74) is -0.723. The van der Waals surface area contributed by atoms with Gasteiger partial charge in [0.15, 0.2) is 0 Å². The quantitative estimate of drug-likeness (QED) is 0.880. The zero-order valence-corrected chi connectivity index (χ0v) is 12.1. The molecule has 102 valence electrons. The van der Waals surface area contributed by atoms with Crippen molar-refractivity contribution in [3.63, 3.8) is 0 Å². The van der Waals surface area contributed by atoms with Crippen molar-refractivity contribution in [2.24, 2.45) is 0 Å². The van der Waals surface area contributed by atoms with Gasteiger partial charge in [0.05, 0.1) is 5.60 Å². The van der Waals surface area contributed by atoms with Gasteiger partial charge in [-0.05, 0) is 58.9 Å². The maximum atomic E-state index is 13.2. The number of hydrogen-bond acceptors (Lipinski definition) is 2. The minimum Gasteiger partial charge on any atom is -0.385 e. The van der Waals surface area contributed by atoms with Crippen LogP contribution in [0.15, 0.2) is 18.2 Å². The Kier molecular flexibility index (Phi) is 4.76. The summed E-state index contributed by atoms with van der Waals surface area (Å²) >= 11 is 6.00. The predicted octanol–water partition coefficient (Wildman–Crippen LogP) is 3.46. The van der Waals surface area contributed by atoms with Gasteiger partial charge in [-0.15, -0.1) is 0 Å². The molecular formula is C14H21ClFNO. The van der Waals surface area contributed by atoms with Crippen LogP contribution in [0.3, 0.4) is 0 Å². The zero-order chi connectivity index (χ0) is 14.0. The van der Waals surface area contributed by atoms with Gasteiger partial charge in [-0.1, -0.05) is 11.6 Å². The van der Waals surface area contributed by atoms with E-state index in [1.165, 1.54) is 18.2 Å². The Labute approximate surface area is 113 Å². The Morgan fingerprint density at radius 2 is 1.89 bits per heavy atom. The third-order valence-corrected chi connectivity index (χ3v) is 3.11. The van der Waals surface area contributed by atoms with Crippen LogP contribution in [0.1, 0.15) is 39.7 Å². The van der Waals surface area contributed by atoms with Crippen molar-refractivity contribution in [1.29, 1.82) is 0 Å². The lowest BCUT2D eigenvalue weighted by atomic mass is 9.92. The Morgan fingerprint density at radius 3 is 2.44 bits per heavy atom. The van der Waals surface area contributed by atoms with E-state index in [1.807, 2.05) is 0 Å². The zero-order valence-electron chi connectivity index (χ0n) is 11.3. The first-order valence-corrected chi connectivity index (χ1v) is 6.42. The van der Waals surface area contributed by atoms with Gasteiger partial charge in [0.25, 0.3) is 0 Å². The minimum atomic E-state index is -1.14. The maximum absolute atomic E-state index is 13.2. The molecule has 2 N–H and O–H groups in total. The van der Waals surface area contributed by atoms with Crippen molar-refractivity contribution < 1.29 is 9.50 Å². The van der Waals surface area contributed by atoms with Crippen LogP contribution < -0.4 is 5.32 Å². The average Bonchev–Trinajstić information content (AvgIpc) is 2.19. The fourth-order valence-corrected chi connectivity index (χ4v) is 2.05. The molecular weight excluding hydrogens is 253 g/mol. The SMILES string of the molecule is CC(C)(C)NCCC(C)(O)c1cc(F)ccc1Cl. The molecule has 1 unspecified atom stereocenters. The summed E-state index contributed by atoms with van der Waals surface area (Å²) in [6.45, 7) is 8.44. The lowest BCUT2D eigenvalue weighted by molar-refractivity contribution is 0.0462. The molecule has 0 aliphatic heterocycles. The highest BCUT2D eigenvalue weighted by Gasteiger charge is 2.26. The van der Waals surface area contributed by atoms with E-state index in [9.17, 15) is 9.50 Å². The van der Waals surface area contributed by atoms with Gasteiger partial charge >= 0.3 is 0 Å². The van der Waals surface area contributed by atoms with Gasteiger partial charge in [0.2, 0.25) is 0 Å². The van der Waals surface area contributed by atoms with Crippen molar-refractivity contribution in [3.05, 3.63) is 34.6 Å². The summed E-state index contributed by atoms with van der Waals surface area (Å²) < 4.78 is 13.2. The van der Waals surface area contributed by atoms with Crippen molar-refractivity contribution in [2.45, 2.75) is 45.3 Å². The second kappa shape index (κ2) is 5.55. The van der Waals surface area contributed by atoms with E-state index in [2.05, 4.69) is 26.1 Å². The summed E-state index contributed by atoms with van der Waals surface area (Å²) in [4.78, 5) is 0. The molecule has 0 fully saturated rings. The summed E-state index contributed by atoms with van der Waals surface area (Å²) in [6, 6.07) is 4.05. The molecule has 0 aliphatic rings. The summed E-state index contributed by atoms with van der Waals surface area (Å²) in [5.74, 6) is -0.390. The highest BCUT2D eigenvalue weighted by molar-refractivity contribution is 6.31. The smallest absolute Gasteiger partial charge is 0.123 e. The molecule has 0 radical (unpaired) electrons. The molecule has 0 heterocycles. The Bertz CT molecular complexity index is 413. The van der Waals surface area contributed by atoms with E-state index >= 15 is 0 Å². The van der Waals surface area contributed by atoms with Gasteiger partial charge in [-0.3, -0.25) is 0 Å². The number of aliphatic hydroxyl groups is 1. The van der Waals surface area contributed by atoms with Crippen molar-refractivity contribution in [2.75, 3.05) is 6.54 Å². The Hall–Kier alpha value is -0.640. The summed E-state index contributed by atoms with van der Waals surface area (Å²) in [7, 11) is 0. The molecule has 0 saturated carbocycles. The maximum Gasteiger partial charge on any atom is 0.123 e. The lowest BCUT2D eigenvalue weighted by Crippen LogP contribution is -2.39. The molecule has 1 aromatic carbocycles. The number of rotatable bonds is 4. The highest BCUT2D eigenvalue weighted by atomic mass is 35.5. The van der Waals surface area contributed by atoms with Crippen molar-refractivity contribution >= 4 is 11.6 Å². The van der Waals surface area contributed by atoms with Crippen molar-refractivity contribution in [1.82, 2.24) is 5.32 Å². The standard InChI is InChI=1S/C14H21ClFNO/c1-13(2,3)17-8-7-14(4,18)11-9-10(16)5-6-12(11)15/h5-6,9,17-18H,7-8H2,1-4H3. The van der Waals surface area contributed by atoms with Crippen LogP contribution >= 0.6 is 11.6 Å². The van der Waals surface area contributed by atoms with Gasteiger partial charge in [0, 0.05) is 16.1 Å². The molecule has 0 aliphatic carbocycles. The minimum absolute atomic E-state index is 0.0121. The largest absolute Gasteiger partial charge is 0.385 e. The lowest BCUT2D eigenvalue weighted by Gasteiger charge is -2.28. The van der Waals surface area contributed by atoms with Crippen LogP contribution in [-0.4, -0.2) is 17.2 Å². The molecule has 0 bridgehead atoms. The van der Waals surface area contributed by atoms with Gasteiger partial charge in [-0.25, -0.2) is 4.39 Å². The second-order valence-electron chi connectivity index (χ2n) is 5.82. The number of nitrogens with one attached hydrogen (secondary N) is 1. The first kappa shape index (κ1) is 15.4. The van der Waals surface area contributed by atoms with Crippen molar-refractivity contribution in [3.8, 4) is 0 Å². The van der Waals surface area contributed by atoms with E-state index in [1.54, 1.807) is 6.92 Å². The summed E-state index contributed by atoms with van der Waals surface area (Å²) in [6.07, 6.45) is 0.466. The predicted molar refractivity (Wildman–Crippen MR) is 73.4 cm³/mol. The van der Waals surface area contributed by atoms with Crippen LogP contribution in [0.4, 0.5) is 4.39 Å². The molecule has 1 atom stereocenters. The van der Waals surface area contributed by atoms with E-state index in [0.29, 0.717) is 23.6 Å². The first-order valence-electron chi connectivity index (χ1n) is 6.05. The van der Waals surface area contributed by atoms with Gasteiger partial charge in [-0.2, -0.15) is 0 Å². The molecule has 1 rings (SSSR count). The molecule has 0 saturated heterocycles. The van der Waals surface area contributed by atoms with E-state index in [0.717, 1.165) is 0 Å². The monoisotopic (exact) mass is 273 g/mol. The van der Waals surface area contributed by atoms with Crippen LogP contribution in [-0.2, 0) is 5.60 Å². The third-order valence-electron chi connectivity index (χ3n) is 2.78. The fourth-order valence-electron chi connectivity index (χ4n) is 1.73. The normalized spacial score (nSPS) is 15.5. The van der Waals surface area contributed by atoms with E-state index in [-0.39, 0.29) is 5.54 Å². The van der Waals surface area contributed by atoms with E-state index < -0.39 is 11.4 Å². The first-order chi connectivity index (χ1) is 8.12. The molecule has 0 aromatic heterocycles. The Balaban J connectivity index is 2.76. The highest BCUT2D eigenvalue weighted by Crippen LogP contribution is 2.31. The molecule has 4 heteroatoms. The molecule has 18 heavy (non-hydrogen) atoms. The fraction of sp³-hybridized carbons (Fsp3) is 0.571. The van der Waals surface area contributed by atoms with Crippen LogP contribution in [0, 0.1) is 5.82 Å². The average molecular weight is 274 g/mol. The topological polar surface area (TPSA) is 32.3 Å². The van der Waals surface area contributed by atoms with E-state index in [4.69, 9.17) is 11.6 Å². The Morgan fingerprint density at radius 1 is 1.28 bits per heavy atom. The molecule has 2 nitrogen and oxygen atoms in total. The molecule has 1 aromatic rings. The molecule has 0 amide bonds. The number of halogens is 2. The third kappa shape index (κ3) is 4.56. The second-order valence-corrected chi connectivity index (χ2v) is 6.23. The van der Waals surface area contributed by atoms with Crippen LogP contribution in [0.2, 0.25) is 5.02 Å². The summed E-state index contributed by atoms with van der Waals surface area (Å²) in [5, 5.41) is 14.1. The van der Waals surface area contributed by atoms with Gasteiger partial charge in [0.1, 0.15) is 5.82 Å². The molecule has 0 spiro atoms. The van der Waals surface area contributed by atoms with Gasteiger partial charge < -0.3 is 10.4 Å². The number of hydrogen-bond donors (Lipinski definition) is 2. The van der Waals surface area contributed by atoms with Crippen LogP contribution in [0.25, 0.3) is 0 Å². The van der Waals surface area contributed by atoms with Crippen LogP contribution in [0.5, 0.6) is 0 Å².